The van der Waals surface area contributed by atoms with Gasteiger partial charge in [-0.25, -0.2) is 0 Å². The van der Waals surface area contributed by atoms with Crippen molar-refractivity contribution < 1.29 is 6.22 Å². The van der Waals surface area contributed by atoms with Crippen LogP contribution in [0.25, 0.3) is 0 Å². The summed E-state index contributed by atoms with van der Waals surface area (Å²) in [7, 11) is 2.07. The van der Waals surface area contributed by atoms with Crippen LogP contribution in [0.2, 0.25) is 0 Å². The summed E-state index contributed by atoms with van der Waals surface area (Å²) in [5.74, 6) is 0.452. The normalized spacial score (nSPS) is 25.3. The average Bonchev–Trinajstić information content (AvgIpc) is 2.05. The molecule has 0 unspecified atom stereocenters. The number of nitrogens with one attached hydrogen (secondary N) is 1. The van der Waals surface area contributed by atoms with Crippen molar-refractivity contribution >= 4 is 5.91 Å². The highest BCUT2D eigenvalue weighted by Crippen LogP contribution is 2.14. The van der Waals surface area contributed by atoms with E-state index in [0.29, 0.717) is 0 Å². The van der Waals surface area contributed by atoms with E-state index in [1.807, 2.05) is 6.92 Å². The SMILES string of the molecule is CCNC(=O)[C@@H]1CCCN(C)C1.[HH]. The Kier molecular flexibility index (Phi) is 3.53. The number of rotatable bonds is 2. The molecule has 1 aliphatic heterocycles. The van der Waals surface area contributed by atoms with Crippen LogP contribution >= 0.6 is 0 Å². The van der Waals surface area contributed by atoms with E-state index in [0.717, 1.165) is 32.5 Å². The van der Waals surface area contributed by atoms with Crippen molar-refractivity contribution in [3.8, 4) is 0 Å². The van der Waals surface area contributed by atoms with Gasteiger partial charge in [0.05, 0.1) is 5.92 Å². The maximum absolute atomic E-state index is 11.4. The van der Waals surface area contributed by atoms with Crippen molar-refractivity contribution in [2.45, 2.75) is 19.8 Å². The van der Waals surface area contributed by atoms with Crippen LogP contribution in [0.3, 0.4) is 0 Å². The van der Waals surface area contributed by atoms with Gasteiger partial charge < -0.3 is 10.2 Å². The lowest BCUT2D eigenvalue weighted by Gasteiger charge is -2.28. The predicted octanol–water partition coefficient (Wildman–Crippen LogP) is 0.710. The van der Waals surface area contributed by atoms with Crippen LogP contribution in [0, 0.1) is 5.92 Å². The summed E-state index contributed by atoms with van der Waals surface area (Å²) in [6.45, 7) is 4.77. The fourth-order valence-corrected chi connectivity index (χ4v) is 1.70. The smallest absolute Gasteiger partial charge is 0.224 e. The molecule has 1 heterocycles. The molecule has 0 spiro atoms. The Labute approximate surface area is 75.6 Å². The average molecular weight is 172 g/mol. The molecule has 72 valence electrons. The first-order valence-electron chi connectivity index (χ1n) is 4.70. The zero-order chi connectivity index (χ0) is 8.97. The Balaban J connectivity index is 0.00000144. The lowest BCUT2D eigenvalue weighted by Crippen LogP contribution is -2.41. The molecule has 1 N–H and O–H groups in total. The second-order valence-electron chi connectivity index (χ2n) is 3.50. The Morgan fingerprint density at radius 3 is 3.08 bits per heavy atom. The summed E-state index contributed by atoms with van der Waals surface area (Å²) in [5, 5.41) is 2.87. The number of carbonyl (C=O) groups excluding carboxylic acids is 1. The van der Waals surface area contributed by atoms with E-state index in [1.54, 1.807) is 0 Å². The van der Waals surface area contributed by atoms with Crippen LogP contribution < -0.4 is 5.32 Å². The molecule has 0 radical (unpaired) electrons. The van der Waals surface area contributed by atoms with Crippen LogP contribution in [0.15, 0.2) is 0 Å². The number of carbonyl (C=O) groups is 1. The molecule has 0 aromatic heterocycles. The molecule has 3 heteroatoms. The summed E-state index contributed by atoms with van der Waals surface area (Å²) in [5.41, 5.74) is 0. The van der Waals surface area contributed by atoms with Gasteiger partial charge in [0.25, 0.3) is 0 Å². The van der Waals surface area contributed by atoms with Crippen LogP contribution in [0.5, 0.6) is 0 Å². The third kappa shape index (κ3) is 2.48. The van der Waals surface area contributed by atoms with Crippen molar-refractivity contribution in [3.05, 3.63) is 0 Å². The van der Waals surface area contributed by atoms with Crippen LogP contribution in [-0.4, -0.2) is 37.5 Å². The third-order valence-corrected chi connectivity index (χ3v) is 2.35. The molecular weight excluding hydrogens is 152 g/mol. The Morgan fingerprint density at radius 1 is 1.75 bits per heavy atom. The van der Waals surface area contributed by atoms with E-state index in [9.17, 15) is 4.79 Å². The summed E-state index contributed by atoms with van der Waals surface area (Å²) in [6.07, 6.45) is 2.20. The second-order valence-corrected chi connectivity index (χ2v) is 3.50. The van der Waals surface area contributed by atoms with Crippen LogP contribution in [0.1, 0.15) is 21.2 Å². The number of hydrogen-bond donors (Lipinski definition) is 1. The summed E-state index contributed by atoms with van der Waals surface area (Å²) in [6, 6.07) is 0. The van der Waals surface area contributed by atoms with E-state index in [-0.39, 0.29) is 13.3 Å². The molecule has 0 aromatic rings. The van der Waals surface area contributed by atoms with Crippen molar-refractivity contribution in [2.24, 2.45) is 5.92 Å². The van der Waals surface area contributed by atoms with Gasteiger partial charge in [-0.15, -0.1) is 0 Å². The van der Waals surface area contributed by atoms with Gasteiger partial charge in [0, 0.05) is 14.5 Å². The first-order valence-corrected chi connectivity index (χ1v) is 4.70. The molecule has 1 atom stereocenters. The molecule has 1 rings (SSSR count). The summed E-state index contributed by atoms with van der Waals surface area (Å²) >= 11 is 0. The van der Waals surface area contributed by atoms with E-state index in [4.69, 9.17) is 0 Å². The Hall–Kier alpha value is -0.570. The van der Waals surface area contributed by atoms with E-state index >= 15 is 0 Å². The highest BCUT2D eigenvalue weighted by atomic mass is 16.1. The first kappa shape index (κ1) is 9.52. The standard InChI is InChI=1S/C9H18N2O.H2/c1-3-10-9(12)8-5-4-6-11(2)7-8;/h8H,3-7H2,1-2H3,(H,10,12);1H/t8-;/m1./s1. The van der Waals surface area contributed by atoms with Crippen LogP contribution in [0.4, 0.5) is 0 Å². The van der Waals surface area contributed by atoms with Gasteiger partial charge in [0.15, 0.2) is 0 Å². The molecule has 12 heavy (non-hydrogen) atoms. The monoisotopic (exact) mass is 172 g/mol. The summed E-state index contributed by atoms with van der Waals surface area (Å²) < 4.78 is 0. The van der Waals surface area contributed by atoms with E-state index in [2.05, 4.69) is 17.3 Å². The number of nitrogens with zero attached hydrogens (tertiary/aromatic N) is 1. The number of hydrogen-bond acceptors (Lipinski definition) is 2. The lowest BCUT2D eigenvalue weighted by atomic mass is 9.98. The van der Waals surface area contributed by atoms with Crippen LogP contribution in [-0.2, 0) is 4.79 Å². The minimum atomic E-state index is 0. The van der Waals surface area contributed by atoms with Crippen molar-refractivity contribution in [1.29, 1.82) is 0 Å². The van der Waals surface area contributed by atoms with Crippen molar-refractivity contribution in [3.63, 3.8) is 0 Å². The molecule has 1 aliphatic rings. The van der Waals surface area contributed by atoms with Gasteiger partial charge in [-0.2, -0.15) is 0 Å². The van der Waals surface area contributed by atoms with Crippen molar-refractivity contribution in [1.82, 2.24) is 10.2 Å². The third-order valence-electron chi connectivity index (χ3n) is 2.35. The zero-order valence-electron chi connectivity index (χ0n) is 7.97. The van der Waals surface area contributed by atoms with Crippen molar-refractivity contribution in [2.75, 3.05) is 26.7 Å². The lowest BCUT2D eigenvalue weighted by molar-refractivity contribution is -0.126. The number of likely N-dealkylation sites (tertiary alicyclic amines) is 1. The van der Waals surface area contributed by atoms with Gasteiger partial charge in [-0.05, 0) is 33.4 Å². The molecule has 3 nitrogen and oxygen atoms in total. The fourth-order valence-electron chi connectivity index (χ4n) is 1.70. The zero-order valence-corrected chi connectivity index (χ0v) is 7.97. The molecule has 1 amide bonds. The molecular formula is C9H20N2O. The number of amides is 1. The van der Waals surface area contributed by atoms with Gasteiger partial charge in [-0.3, -0.25) is 4.79 Å². The Morgan fingerprint density at radius 2 is 2.50 bits per heavy atom. The highest BCUT2D eigenvalue weighted by Gasteiger charge is 2.22. The molecule has 0 aliphatic carbocycles. The largest absolute Gasteiger partial charge is 0.356 e. The maximum Gasteiger partial charge on any atom is 0.224 e. The van der Waals surface area contributed by atoms with Gasteiger partial charge >= 0.3 is 0 Å². The number of piperidine rings is 1. The molecule has 0 aromatic carbocycles. The maximum atomic E-state index is 11.4. The molecule has 0 bridgehead atoms. The minimum Gasteiger partial charge on any atom is -0.356 e. The molecule has 0 saturated carbocycles. The van der Waals surface area contributed by atoms with Gasteiger partial charge in [0.2, 0.25) is 5.91 Å². The minimum absolute atomic E-state index is 0. The predicted molar refractivity (Wildman–Crippen MR) is 51.0 cm³/mol. The highest BCUT2D eigenvalue weighted by molar-refractivity contribution is 5.78. The van der Waals surface area contributed by atoms with Gasteiger partial charge in [0.1, 0.15) is 0 Å². The van der Waals surface area contributed by atoms with E-state index < -0.39 is 0 Å². The quantitative estimate of drug-likeness (QED) is 0.665. The summed E-state index contributed by atoms with van der Waals surface area (Å²) in [4.78, 5) is 13.6. The first-order chi connectivity index (χ1) is 5.74. The van der Waals surface area contributed by atoms with Gasteiger partial charge in [-0.1, -0.05) is 0 Å². The fraction of sp³-hybridized carbons (Fsp3) is 0.889. The Bertz CT molecular complexity index is 164. The topological polar surface area (TPSA) is 32.3 Å². The molecule has 1 fully saturated rings. The molecule has 1 saturated heterocycles. The second kappa shape index (κ2) is 4.45. The van der Waals surface area contributed by atoms with E-state index in [1.165, 1.54) is 0 Å².